The van der Waals surface area contributed by atoms with Crippen molar-refractivity contribution in [1.82, 2.24) is 4.98 Å². The minimum atomic E-state index is 0.750. The van der Waals surface area contributed by atoms with Gasteiger partial charge in [0.2, 0.25) is 0 Å². The molecule has 0 fully saturated rings. The SMILES string of the molecule is COc1ccc(CCCCOc2ccncc2)cc1. The fourth-order valence-corrected chi connectivity index (χ4v) is 1.85. The Labute approximate surface area is 114 Å². The molecule has 0 saturated carbocycles. The van der Waals surface area contributed by atoms with E-state index in [-0.39, 0.29) is 0 Å². The Bertz CT molecular complexity index is 468. The van der Waals surface area contributed by atoms with Crippen molar-refractivity contribution in [2.45, 2.75) is 19.3 Å². The third kappa shape index (κ3) is 4.62. The van der Waals surface area contributed by atoms with Crippen LogP contribution in [-0.4, -0.2) is 18.7 Å². The fourth-order valence-electron chi connectivity index (χ4n) is 1.85. The van der Waals surface area contributed by atoms with E-state index in [0.717, 1.165) is 37.4 Å². The van der Waals surface area contributed by atoms with Crippen LogP contribution in [0.4, 0.5) is 0 Å². The predicted molar refractivity (Wildman–Crippen MR) is 75.7 cm³/mol. The first-order valence-electron chi connectivity index (χ1n) is 6.54. The summed E-state index contributed by atoms with van der Waals surface area (Å²) in [5, 5.41) is 0. The molecule has 1 heterocycles. The van der Waals surface area contributed by atoms with E-state index in [9.17, 15) is 0 Å². The molecule has 3 nitrogen and oxygen atoms in total. The van der Waals surface area contributed by atoms with Gasteiger partial charge < -0.3 is 9.47 Å². The molecule has 1 aromatic heterocycles. The van der Waals surface area contributed by atoms with Gasteiger partial charge in [-0.05, 0) is 49.1 Å². The average molecular weight is 257 g/mol. The van der Waals surface area contributed by atoms with E-state index in [4.69, 9.17) is 9.47 Å². The molecule has 0 aliphatic rings. The first-order valence-corrected chi connectivity index (χ1v) is 6.54. The lowest BCUT2D eigenvalue weighted by molar-refractivity contribution is 0.306. The Morgan fingerprint density at radius 3 is 2.32 bits per heavy atom. The van der Waals surface area contributed by atoms with Crippen molar-refractivity contribution in [2.24, 2.45) is 0 Å². The van der Waals surface area contributed by atoms with Crippen LogP contribution in [-0.2, 0) is 6.42 Å². The summed E-state index contributed by atoms with van der Waals surface area (Å²) >= 11 is 0. The van der Waals surface area contributed by atoms with Gasteiger partial charge in [-0.1, -0.05) is 12.1 Å². The monoisotopic (exact) mass is 257 g/mol. The molecule has 0 aliphatic carbocycles. The molecule has 0 saturated heterocycles. The summed E-state index contributed by atoms with van der Waals surface area (Å²) in [4.78, 5) is 3.95. The quantitative estimate of drug-likeness (QED) is 0.711. The third-order valence-electron chi connectivity index (χ3n) is 2.94. The number of aromatic nitrogens is 1. The molecule has 19 heavy (non-hydrogen) atoms. The van der Waals surface area contributed by atoms with Gasteiger partial charge in [-0.25, -0.2) is 0 Å². The third-order valence-corrected chi connectivity index (χ3v) is 2.94. The zero-order valence-corrected chi connectivity index (χ0v) is 11.2. The van der Waals surface area contributed by atoms with Crippen molar-refractivity contribution in [3.8, 4) is 11.5 Å². The second kappa shape index (κ2) is 7.41. The van der Waals surface area contributed by atoms with Crippen LogP contribution >= 0.6 is 0 Å². The average Bonchev–Trinajstić information content (AvgIpc) is 2.49. The molecule has 2 rings (SSSR count). The molecule has 0 spiro atoms. The first-order chi connectivity index (χ1) is 9.38. The zero-order valence-electron chi connectivity index (χ0n) is 11.2. The molecular weight excluding hydrogens is 238 g/mol. The first kappa shape index (κ1) is 13.4. The number of unbranched alkanes of at least 4 members (excludes halogenated alkanes) is 1. The van der Waals surface area contributed by atoms with Crippen LogP contribution in [0.25, 0.3) is 0 Å². The van der Waals surface area contributed by atoms with Gasteiger partial charge >= 0.3 is 0 Å². The Hall–Kier alpha value is -2.03. The van der Waals surface area contributed by atoms with Crippen LogP contribution in [0, 0.1) is 0 Å². The van der Waals surface area contributed by atoms with Crippen molar-refractivity contribution < 1.29 is 9.47 Å². The summed E-state index contributed by atoms with van der Waals surface area (Å²) < 4.78 is 10.8. The molecule has 0 bridgehead atoms. The number of hydrogen-bond donors (Lipinski definition) is 0. The van der Waals surface area contributed by atoms with Gasteiger partial charge in [0.1, 0.15) is 11.5 Å². The molecule has 3 heteroatoms. The maximum atomic E-state index is 5.62. The highest BCUT2D eigenvalue weighted by atomic mass is 16.5. The summed E-state index contributed by atoms with van der Waals surface area (Å²) in [6.07, 6.45) is 6.73. The van der Waals surface area contributed by atoms with E-state index < -0.39 is 0 Å². The van der Waals surface area contributed by atoms with Gasteiger partial charge in [-0.2, -0.15) is 0 Å². The molecule has 0 radical (unpaired) electrons. The smallest absolute Gasteiger partial charge is 0.122 e. The molecule has 0 amide bonds. The highest BCUT2D eigenvalue weighted by Gasteiger charge is 1.96. The zero-order chi connectivity index (χ0) is 13.3. The normalized spacial score (nSPS) is 10.2. The van der Waals surface area contributed by atoms with E-state index in [1.807, 2.05) is 24.3 Å². The van der Waals surface area contributed by atoms with E-state index in [1.165, 1.54) is 5.56 Å². The molecule has 1 aromatic carbocycles. The number of nitrogens with zero attached hydrogens (tertiary/aromatic N) is 1. The Morgan fingerprint density at radius 1 is 0.895 bits per heavy atom. The van der Waals surface area contributed by atoms with Crippen molar-refractivity contribution in [1.29, 1.82) is 0 Å². The standard InChI is InChI=1S/C16H19NO2/c1-18-15-7-5-14(6-8-15)4-2-3-13-19-16-9-11-17-12-10-16/h5-12H,2-4,13H2,1H3. The lowest BCUT2D eigenvalue weighted by Crippen LogP contribution is -1.98. The van der Waals surface area contributed by atoms with Crippen LogP contribution in [0.15, 0.2) is 48.8 Å². The lowest BCUT2D eigenvalue weighted by Gasteiger charge is -2.06. The van der Waals surface area contributed by atoms with Gasteiger partial charge in [-0.3, -0.25) is 4.98 Å². The molecule has 0 atom stereocenters. The largest absolute Gasteiger partial charge is 0.497 e. The second-order valence-electron chi connectivity index (χ2n) is 4.34. The van der Waals surface area contributed by atoms with Crippen LogP contribution in [0.3, 0.4) is 0 Å². The maximum absolute atomic E-state index is 5.62. The van der Waals surface area contributed by atoms with Gasteiger partial charge in [0.15, 0.2) is 0 Å². The van der Waals surface area contributed by atoms with E-state index in [2.05, 4.69) is 17.1 Å². The van der Waals surface area contributed by atoms with Gasteiger partial charge in [0.05, 0.1) is 13.7 Å². The van der Waals surface area contributed by atoms with Crippen molar-refractivity contribution in [2.75, 3.05) is 13.7 Å². The summed E-state index contributed by atoms with van der Waals surface area (Å²) in [5.74, 6) is 1.80. The van der Waals surface area contributed by atoms with Crippen LogP contribution in [0.5, 0.6) is 11.5 Å². The Morgan fingerprint density at radius 2 is 1.63 bits per heavy atom. The van der Waals surface area contributed by atoms with Crippen LogP contribution in [0.1, 0.15) is 18.4 Å². The Kier molecular flexibility index (Phi) is 5.23. The number of benzene rings is 1. The topological polar surface area (TPSA) is 31.4 Å². The van der Waals surface area contributed by atoms with Crippen molar-refractivity contribution in [3.63, 3.8) is 0 Å². The van der Waals surface area contributed by atoms with E-state index in [1.54, 1.807) is 19.5 Å². The Balaban J connectivity index is 1.63. The minimum absolute atomic E-state index is 0.750. The minimum Gasteiger partial charge on any atom is -0.497 e. The number of ether oxygens (including phenoxy) is 2. The lowest BCUT2D eigenvalue weighted by atomic mass is 10.1. The summed E-state index contributed by atoms with van der Waals surface area (Å²) in [5.41, 5.74) is 1.34. The number of hydrogen-bond acceptors (Lipinski definition) is 3. The summed E-state index contributed by atoms with van der Waals surface area (Å²) in [7, 11) is 1.69. The van der Waals surface area contributed by atoms with Gasteiger partial charge in [0.25, 0.3) is 0 Å². The summed E-state index contributed by atoms with van der Waals surface area (Å²) in [6.45, 7) is 0.750. The number of aryl methyl sites for hydroxylation is 1. The van der Waals surface area contributed by atoms with Gasteiger partial charge in [0, 0.05) is 12.4 Å². The van der Waals surface area contributed by atoms with Gasteiger partial charge in [-0.15, -0.1) is 0 Å². The molecule has 100 valence electrons. The number of methoxy groups -OCH3 is 1. The molecule has 2 aromatic rings. The van der Waals surface area contributed by atoms with Crippen LogP contribution in [0.2, 0.25) is 0 Å². The summed E-state index contributed by atoms with van der Waals surface area (Å²) in [6, 6.07) is 12.0. The predicted octanol–water partition coefficient (Wildman–Crippen LogP) is 3.49. The highest BCUT2D eigenvalue weighted by molar-refractivity contribution is 5.27. The molecule has 0 N–H and O–H groups in total. The van der Waals surface area contributed by atoms with Crippen LogP contribution < -0.4 is 9.47 Å². The molecule has 0 unspecified atom stereocenters. The van der Waals surface area contributed by atoms with Crippen molar-refractivity contribution in [3.05, 3.63) is 54.4 Å². The highest BCUT2D eigenvalue weighted by Crippen LogP contribution is 2.13. The molecule has 0 aliphatic heterocycles. The van der Waals surface area contributed by atoms with E-state index in [0.29, 0.717) is 0 Å². The number of rotatable bonds is 7. The van der Waals surface area contributed by atoms with Crippen molar-refractivity contribution >= 4 is 0 Å². The maximum Gasteiger partial charge on any atom is 0.122 e. The second-order valence-corrected chi connectivity index (χ2v) is 4.34. The molecular formula is C16H19NO2. The number of pyridine rings is 1. The fraction of sp³-hybridized carbons (Fsp3) is 0.312. The van der Waals surface area contributed by atoms with E-state index >= 15 is 0 Å².